The van der Waals surface area contributed by atoms with Crippen molar-refractivity contribution in [2.45, 2.75) is 25.4 Å². The molecule has 66 valence electrons. The van der Waals surface area contributed by atoms with Crippen molar-refractivity contribution in [3.63, 3.8) is 0 Å². The van der Waals surface area contributed by atoms with Crippen LogP contribution in [0.5, 0.6) is 0 Å². The normalized spacial score (nSPS) is 34.1. The predicted octanol–water partition coefficient (Wildman–Crippen LogP) is -0.339. The third-order valence-electron chi connectivity index (χ3n) is 2.35. The molecule has 0 spiro atoms. The highest BCUT2D eigenvalue weighted by atomic mass is 16.3. The lowest BCUT2D eigenvalue weighted by Gasteiger charge is -2.36. The van der Waals surface area contributed by atoms with E-state index in [0.717, 1.165) is 19.5 Å². The Morgan fingerprint density at radius 1 is 1.64 bits per heavy atom. The maximum atomic E-state index is 8.75. The minimum Gasteiger partial charge on any atom is -0.396 e. The van der Waals surface area contributed by atoms with Gasteiger partial charge >= 0.3 is 0 Å². The van der Waals surface area contributed by atoms with E-state index in [4.69, 9.17) is 5.11 Å². The summed E-state index contributed by atoms with van der Waals surface area (Å²) in [6.45, 7) is 4.58. The van der Waals surface area contributed by atoms with Crippen LogP contribution in [0.2, 0.25) is 0 Å². The fourth-order valence-corrected chi connectivity index (χ4v) is 1.61. The molecule has 2 atom stereocenters. The van der Waals surface area contributed by atoms with Crippen molar-refractivity contribution in [2.75, 3.05) is 26.7 Å². The number of aliphatic hydroxyl groups excluding tert-OH is 1. The Morgan fingerprint density at radius 2 is 2.36 bits per heavy atom. The van der Waals surface area contributed by atoms with Gasteiger partial charge in [-0.15, -0.1) is 0 Å². The van der Waals surface area contributed by atoms with E-state index < -0.39 is 0 Å². The maximum Gasteiger partial charge on any atom is 0.0446 e. The Hall–Kier alpha value is -0.120. The van der Waals surface area contributed by atoms with Gasteiger partial charge in [0.1, 0.15) is 0 Å². The second kappa shape index (κ2) is 4.04. The Morgan fingerprint density at radius 3 is 2.91 bits per heavy atom. The number of rotatable bonds is 2. The Bertz CT molecular complexity index is 119. The second-order valence-corrected chi connectivity index (χ2v) is 3.41. The fraction of sp³-hybridized carbons (Fsp3) is 1.00. The third kappa shape index (κ3) is 2.43. The number of piperazine rings is 1. The molecule has 2 N–H and O–H groups in total. The highest BCUT2D eigenvalue weighted by molar-refractivity contribution is 4.81. The molecule has 1 fully saturated rings. The van der Waals surface area contributed by atoms with Crippen LogP contribution in [0.15, 0.2) is 0 Å². The minimum atomic E-state index is 0.297. The van der Waals surface area contributed by atoms with Crippen LogP contribution in [-0.4, -0.2) is 48.8 Å². The fourth-order valence-electron chi connectivity index (χ4n) is 1.61. The molecule has 1 aliphatic heterocycles. The summed E-state index contributed by atoms with van der Waals surface area (Å²) in [6, 6.07) is 1.12. The maximum absolute atomic E-state index is 8.75. The molecular formula is C8H18N2O. The molecule has 0 radical (unpaired) electrons. The molecule has 3 nitrogen and oxygen atoms in total. The summed E-state index contributed by atoms with van der Waals surface area (Å²) in [5, 5.41) is 12.1. The standard InChI is InChI=1S/C8H18N2O/c1-7-6-10(2)8(3-4-11)5-9-7/h7-9,11H,3-6H2,1-2H3/t7-,8-/m0/s1. The van der Waals surface area contributed by atoms with Crippen LogP contribution in [0.4, 0.5) is 0 Å². The topological polar surface area (TPSA) is 35.5 Å². The Balaban J connectivity index is 2.31. The van der Waals surface area contributed by atoms with Gasteiger partial charge in [0, 0.05) is 31.8 Å². The molecule has 0 bridgehead atoms. The highest BCUT2D eigenvalue weighted by Crippen LogP contribution is 2.06. The largest absolute Gasteiger partial charge is 0.396 e. The van der Waals surface area contributed by atoms with Crippen molar-refractivity contribution in [3.05, 3.63) is 0 Å². The summed E-state index contributed by atoms with van der Waals surface area (Å²) in [7, 11) is 2.12. The summed E-state index contributed by atoms with van der Waals surface area (Å²) < 4.78 is 0. The van der Waals surface area contributed by atoms with Gasteiger partial charge in [0.2, 0.25) is 0 Å². The lowest BCUT2D eigenvalue weighted by Crippen LogP contribution is -2.53. The molecule has 0 aromatic heterocycles. The Kier molecular flexibility index (Phi) is 3.30. The third-order valence-corrected chi connectivity index (χ3v) is 2.35. The molecule has 0 amide bonds. The predicted molar refractivity (Wildman–Crippen MR) is 45.6 cm³/mol. The van der Waals surface area contributed by atoms with E-state index in [1.165, 1.54) is 0 Å². The lowest BCUT2D eigenvalue weighted by molar-refractivity contribution is 0.137. The molecule has 0 aromatic carbocycles. The van der Waals surface area contributed by atoms with Crippen molar-refractivity contribution in [2.24, 2.45) is 0 Å². The second-order valence-electron chi connectivity index (χ2n) is 3.41. The van der Waals surface area contributed by atoms with Crippen LogP contribution in [0.1, 0.15) is 13.3 Å². The van der Waals surface area contributed by atoms with E-state index >= 15 is 0 Å². The zero-order chi connectivity index (χ0) is 8.27. The smallest absolute Gasteiger partial charge is 0.0446 e. The molecule has 0 unspecified atom stereocenters. The van der Waals surface area contributed by atoms with Crippen molar-refractivity contribution < 1.29 is 5.11 Å². The van der Waals surface area contributed by atoms with E-state index in [2.05, 4.69) is 24.2 Å². The zero-order valence-electron chi connectivity index (χ0n) is 7.38. The molecule has 0 aromatic rings. The van der Waals surface area contributed by atoms with Crippen molar-refractivity contribution in [3.8, 4) is 0 Å². The first-order valence-corrected chi connectivity index (χ1v) is 4.28. The van der Waals surface area contributed by atoms with E-state index in [1.54, 1.807) is 0 Å². The lowest BCUT2D eigenvalue weighted by atomic mass is 10.1. The van der Waals surface area contributed by atoms with E-state index in [0.29, 0.717) is 18.7 Å². The van der Waals surface area contributed by atoms with Crippen molar-refractivity contribution in [1.82, 2.24) is 10.2 Å². The van der Waals surface area contributed by atoms with E-state index in [-0.39, 0.29) is 0 Å². The summed E-state index contributed by atoms with van der Waals surface area (Å²) >= 11 is 0. The van der Waals surface area contributed by atoms with Gasteiger partial charge in [-0.1, -0.05) is 0 Å². The molecule has 3 heteroatoms. The van der Waals surface area contributed by atoms with Crippen LogP contribution in [0, 0.1) is 0 Å². The average Bonchev–Trinajstić information content (AvgIpc) is 1.95. The quantitative estimate of drug-likeness (QED) is 0.577. The molecule has 1 aliphatic rings. The molecule has 1 saturated heterocycles. The molecule has 1 rings (SSSR count). The summed E-state index contributed by atoms with van der Waals surface area (Å²) in [6.07, 6.45) is 0.885. The molecular weight excluding hydrogens is 140 g/mol. The zero-order valence-corrected chi connectivity index (χ0v) is 7.38. The van der Waals surface area contributed by atoms with Gasteiger partial charge in [0.05, 0.1) is 0 Å². The van der Waals surface area contributed by atoms with Gasteiger partial charge in [-0.05, 0) is 20.4 Å². The number of hydrogen-bond acceptors (Lipinski definition) is 3. The van der Waals surface area contributed by atoms with Gasteiger partial charge < -0.3 is 15.3 Å². The average molecular weight is 158 g/mol. The van der Waals surface area contributed by atoms with Crippen LogP contribution in [0.25, 0.3) is 0 Å². The summed E-state index contributed by atoms with van der Waals surface area (Å²) in [5.74, 6) is 0. The molecule has 11 heavy (non-hydrogen) atoms. The van der Waals surface area contributed by atoms with Crippen molar-refractivity contribution in [1.29, 1.82) is 0 Å². The van der Waals surface area contributed by atoms with Crippen LogP contribution < -0.4 is 5.32 Å². The first-order chi connectivity index (χ1) is 5.24. The van der Waals surface area contributed by atoms with Gasteiger partial charge in [0.15, 0.2) is 0 Å². The number of nitrogens with zero attached hydrogens (tertiary/aromatic N) is 1. The van der Waals surface area contributed by atoms with Crippen LogP contribution in [0.3, 0.4) is 0 Å². The molecule has 1 heterocycles. The first-order valence-electron chi connectivity index (χ1n) is 4.28. The SMILES string of the molecule is C[C@H]1CN(C)[C@@H](CCO)CN1. The summed E-state index contributed by atoms with van der Waals surface area (Å²) in [5.41, 5.74) is 0. The number of likely N-dealkylation sites (N-methyl/N-ethyl adjacent to an activating group) is 1. The van der Waals surface area contributed by atoms with Gasteiger partial charge in [0.25, 0.3) is 0 Å². The van der Waals surface area contributed by atoms with E-state index in [1.807, 2.05) is 0 Å². The van der Waals surface area contributed by atoms with Gasteiger partial charge in [-0.25, -0.2) is 0 Å². The van der Waals surface area contributed by atoms with Crippen LogP contribution >= 0.6 is 0 Å². The van der Waals surface area contributed by atoms with Crippen LogP contribution in [-0.2, 0) is 0 Å². The minimum absolute atomic E-state index is 0.297. The number of hydrogen-bond donors (Lipinski definition) is 2. The van der Waals surface area contributed by atoms with E-state index in [9.17, 15) is 0 Å². The first kappa shape index (κ1) is 8.97. The Labute approximate surface area is 68.4 Å². The monoisotopic (exact) mass is 158 g/mol. The molecule has 0 aliphatic carbocycles. The van der Waals surface area contributed by atoms with Gasteiger partial charge in [-0.3, -0.25) is 0 Å². The summed E-state index contributed by atoms with van der Waals surface area (Å²) in [4.78, 5) is 2.32. The highest BCUT2D eigenvalue weighted by Gasteiger charge is 2.21. The number of nitrogens with one attached hydrogen (secondary N) is 1. The number of aliphatic hydroxyl groups is 1. The van der Waals surface area contributed by atoms with Crippen molar-refractivity contribution >= 4 is 0 Å². The van der Waals surface area contributed by atoms with Gasteiger partial charge in [-0.2, -0.15) is 0 Å². The molecule has 0 saturated carbocycles.